The average molecular weight is 389 g/mol. The van der Waals surface area contributed by atoms with Crippen LogP contribution in [0.4, 0.5) is 4.39 Å². The molecule has 146 valence electrons. The van der Waals surface area contributed by atoms with Crippen LogP contribution in [0.1, 0.15) is 27.3 Å². The van der Waals surface area contributed by atoms with Crippen molar-refractivity contribution in [2.24, 2.45) is 0 Å². The number of imidazole rings is 1. The van der Waals surface area contributed by atoms with Gasteiger partial charge in [0.15, 0.2) is 0 Å². The molecule has 0 fully saturated rings. The molecule has 0 radical (unpaired) electrons. The van der Waals surface area contributed by atoms with Crippen LogP contribution in [-0.4, -0.2) is 25.0 Å². The summed E-state index contributed by atoms with van der Waals surface area (Å²) in [6.07, 6.45) is 6.87. The topological polar surface area (TPSA) is 64.7 Å². The number of aromatic nitrogens is 4. The van der Waals surface area contributed by atoms with Gasteiger partial charge in [0, 0.05) is 42.2 Å². The van der Waals surface area contributed by atoms with Gasteiger partial charge < -0.3 is 9.88 Å². The number of rotatable bonds is 5. The number of carbonyl (C=O) groups is 1. The molecule has 0 aliphatic heterocycles. The van der Waals surface area contributed by atoms with E-state index in [1.54, 1.807) is 29.4 Å². The Labute approximate surface area is 167 Å². The summed E-state index contributed by atoms with van der Waals surface area (Å²) in [5, 5.41) is 2.95. The molecule has 0 saturated carbocycles. The molecular weight excluding hydrogens is 369 g/mol. The molecule has 0 bridgehead atoms. The Kier molecular flexibility index (Phi) is 4.95. The lowest BCUT2D eigenvalue weighted by Gasteiger charge is -2.10. The lowest BCUT2D eigenvalue weighted by atomic mass is 10.2. The zero-order chi connectivity index (χ0) is 20.4. The Morgan fingerprint density at radius 1 is 1.14 bits per heavy atom. The maximum absolute atomic E-state index is 13.6. The first kappa shape index (κ1) is 18.6. The summed E-state index contributed by atoms with van der Waals surface area (Å²) in [4.78, 5) is 21.1. The van der Waals surface area contributed by atoms with Gasteiger partial charge in [0.05, 0.1) is 5.56 Å². The number of nitrogens with one attached hydrogen (secondary N) is 1. The molecule has 0 aliphatic carbocycles. The number of benzene rings is 1. The monoisotopic (exact) mass is 389 g/mol. The summed E-state index contributed by atoms with van der Waals surface area (Å²) in [5.41, 5.74) is 3.81. The summed E-state index contributed by atoms with van der Waals surface area (Å²) in [6.45, 7) is 4.12. The summed E-state index contributed by atoms with van der Waals surface area (Å²) in [5.74, 6) is 0.243. The molecular formula is C22H20FN5O. The second-order valence-electron chi connectivity index (χ2n) is 6.78. The second-order valence-corrected chi connectivity index (χ2v) is 6.78. The quantitative estimate of drug-likeness (QED) is 0.565. The lowest BCUT2D eigenvalue weighted by molar-refractivity contribution is 0.0950. The van der Waals surface area contributed by atoms with Crippen LogP contribution in [0.25, 0.3) is 11.5 Å². The van der Waals surface area contributed by atoms with Gasteiger partial charge in [-0.3, -0.25) is 9.36 Å². The lowest BCUT2D eigenvalue weighted by Crippen LogP contribution is -2.23. The standard InChI is InChI=1S/C22H20FN5O/c1-15-10-20(16(2)28(15)19-5-3-4-18(23)12-19)22(29)26-13-17-6-7-25-21(11-17)27-9-8-24-14-27/h3-12,14H,13H2,1-2H3,(H,26,29). The highest BCUT2D eigenvalue weighted by Gasteiger charge is 2.17. The highest BCUT2D eigenvalue weighted by molar-refractivity contribution is 5.95. The summed E-state index contributed by atoms with van der Waals surface area (Å²) >= 11 is 0. The van der Waals surface area contributed by atoms with E-state index in [0.29, 0.717) is 17.8 Å². The molecule has 1 N–H and O–H groups in total. The molecule has 7 heteroatoms. The van der Waals surface area contributed by atoms with Crippen LogP contribution in [0.3, 0.4) is 0 Å². The van der Waals surface area contributed by atoms with Crippen molar-refractivity contribution in [1.29, 1.82) is 0 Å². The Morgan fingerprint density at radius 3 is 2.76 bits per heavy atom. The maximum Gasteiger partial charge on any atom is 0.253 e. The third-order valence-corrected chi connectivity index (χ3v) is 4.77. The zero-order valence-electron chi connectivity index (χ0n) is 16.1. The first-order valence-electron chi connectivity index (χ1n) is 9.19. The van der Waals surface area contributed by atoms with E-state index in [-0.39, 0.29) is 11.7 Å². The molecule has 3 heterocycles. The van der Waals surface area contributed by atoms with Gasteiger partial charge in [-0.25, -0.2) is 14.4 Å². The fourth-order valence-electron chi connectivity index (χ4n) is 3.39. The van der Waals surface area contributed by atoms with Crippen LogP contribution in [0.2, 0.25) is 0 Å². The van der Waals surface area contributed by atoms with E-state index in [1.165, 1.54) is 12.1 Å². The van der Waals surface area contributed by atoms with E-state index in [9.17, 15) is 9.18 Å². The van der Waals surface area contributed by atoms with Crippen LogP contribution in [0, 0.1) is 19.7 Å². The van der Waals surface area contributed by atoms with Gasteiger partial charge in [0.25, 0.3) is 5.91 Å². The molecule has 29 heavy (non-hydrogen) atoms. The molecule has 0 spiro atoms. The summed E-state index contributed by atoms with van der Waals surface area (Å²) in [7, 11) is 0. The van der Waals surface area contributed by atoms with Gasteiger partial charge in [0.1, 0.15) is 18.0 Å². The maximum atomic E-state index is 13.6. The summed E-state index contributed by atoms with van der Waals surface area (Å²) in [6, 6.07) is 11.9. The molecule has 1 amide bonds. The largest absolute Gasteiger partial charge is 0.348 e. The Hall–Kier alpha value is -3.74. The van der Waals surface area contributed by atoms with Crippen molar-refractivity contribution in [1.82, 2.24) is 24.4 Å². The van der Waals surface area contributed by atoms with Crippen LogP contribution in [-0.2, 0) is 6.54 Å². The molecule has 6 nitrogen and oxygen atoms in total. The molecule has 4 rings (SSSR count). The number of amides is 1. The smallest absolute Gasteiger partial charge is 0.253 e. The first-order chi connectivity index (χ1) is 14.0. The number of carbonyl (C=O) groups excluding carboxylic acids is 1. The molecule has 3 aromatic heterocycles. The van der Waals surface area contributed by atoms with Crippen LogP contribution in [0.5, 0.6) is 0 Å². The Morgan fingerprint density at radius 2 is 2.00 bits per heavy atom. The van der Waals surface area contributed by atoms with Crippen molar-refractivity contribution in [2.75, 3.05) is 0 Å². The van der Waals surface area contributed by atoms with E-state index >= 15 is 0 Å². The van der Waals surface area contributed by atoms with E-state index in [1.807, 2.05) is 48.9 Å². The number of pyridine rings is 1. The third kappa shape index (κ3) is 3.80. The molecule has 0 unspecified atom stereocenters. The minimum absolute atomic E-state index is 0.179. The van der Waals surface area contributed by atoms with E-state index < -0.39 is 0 Å². The van der Waals surface area contributed by atoms with Crippen molar-refractivity contribution in [2.45, 2.75) is 20.4 Å². The minimum Gasteiger partial charge on any atom is -0.348 e. The van der Waals surface area contributed by atoms with Gasteiger partial charge in [-0.2, -0.15) is 0 Å². The Bertz CT molecular complexity index is 1160. The van der Waals surface area contributed by atoms with E-state index in [0.717, 1.165) is 22.8 Å². The van der Waals surface area contributed by atoms with Gasteiger partial charge in [-0.1, -0.05) is 6.07 Å². The van der Waals surface area contributed by atoms with Crippen molar-refractivity contribution < 1.29 is 9.18 Å². The third-order valence-electron chi connectivity index (χ3n) is 4.77. The zero-order valence-corrected chi connectivity index (χ0v) is 16.1. The molecule has 0 aliphatic rings. The molecule has 0 saturated heterocycles. The summed E-state index contributed by atoms with van der Waals surface area (Å²) < 4.78 is 17.3. The van der Waals surface area contributed by atoms with Crippen molar-refractivity contribution in [3.63, 3.8) is 0 Å². The molecule has 1 aromatic carbocycles. The average Bonchev–Trinajstić information content (AvgIpc) is 3.35. The van der Waals surface area contributed by atoms with Gasteiger partial charge in [0.2, 0.25) is 0 Å². The predicted molar refractivity (Wildman–Crippen MR) is 108 cm³/mol. The van der Waals surface area contributed by atoms with Gasteiger partial charge >= 0.3 is 0 Å². The fraction of sp³-hybridized carbons (Fsp3) is 0.136. The highest BCUT2D eigenvalue weighted by Crippen LogP contribution is 2.21. The van der Waals surface area contributed by atoms with E-state index in [4.69, 9.17) is 0 Å². The number of nitrogens with zero attached hydrogens (tertiary/aromatic N) is 4. The number of halogens is 1. The SMILES string of the molecule is Cc1cc(C(=O)NCc2ccnc(-n3ccnc3)c2)c(C)n1-c1cccc(F)c1. The van der Waals surface area contributed by atoms with Crippen molar-refractivity contribution in [3.05, 3.63) is 95.7 Å². The van der Waals surface area contributed by atoms with Crippen molar-refractivity contribution in [3.8, 4) is 11.5 Å². The normalized spacial score (nSPS) is 10.9. The fourth-order valence-corrected chi connectivity index (χ4v) is 3.39. The van der Waals surface area contributed by atoms with Crippen LogP contribution >= 0.6 is 0 Å². The number of hydrogen-bond donors (Lipinski definition) is 1. The first-order valence-corrected chi connectivity index (χ1v) is 9.19. The number of aryl methyl sites for hydroxylation is 1. The minimum atomic E-state index is -0.313. The van der Waals surface area contributed by atoms with Crippen LogP contribution in [0.15, 0.2) is 67.4 Å². The number of hydrogen-bond acceptors (Lipinski definition) is 3. The van der Waals surface area contributed by atoms with E-state index in [2.05, 4.69) is 15.3 Å². The predicted octanol–water partition coefficient (Wildman–Crippen LogP) is 3.74. The second kappa shape index (κ2) is 7.71. The van der Waals surface area contributed by atoms with Gasteiger partial charge in [-0.15, -0.1) is 0 Å². The highest BCUT2D eigenvalue weighted by atomic mass is 19.1. The van der Waals surface area contributed by atoms with Crippen molar-refractivity contribution >= 4 is 5.91 Å². The van der Waals surface area contributed by atoms with Crippen LogP contribution < -0.4 is 5.32 Å². The molecule has 4 aromatic rings. The Balaban J connectivity index is 1.53. The molecule has 0 atom stereocenters. The van der Waals surface area contributed by atoms with Gasteiger partial charge in [-0.05, 0) is 55.8 Å².